The zero-order valence-electron chi connectivity index (χ0n) is 13.4. The molecule has 2 aromatic carbocycles. The van der Waals surface area contributed by atoms with E-state index in [0.29, 0.717) is 28.6 Å². The fourth-order valence-corrected chi connectivity index (χ4v) is 2.73. The van der Waals surface area contributed by atoms with Crippen molar-refractivity contribution in [3.05, 3.63) is 58.7 Å². The van der Waals surface area contributed by atoms with E-state index in [0.717, 1.165) is 16.5 Å². The van der Waals surface area contributed by atoms with E-state index in [4.69, 9.17) is 21.1 Å². The van der Waals surface area contributed by atoms with E-state index in [1.807, 2.05) is 24.3 Å². The number of hydrogen-bond donors (Lipinski definition) is 2. The molecule has 2 N–H and O–H groups in total. The number of carbonyl (C=O) groups is 1. The molecule has 0 aliphatic rings. The highest BCUT2D eigenvalue weighted by molar-refractivity contribution is 6.31. The third-order valence-electron chi connectivity index (χ3n) is 3.79. The molecule has 0 saturated heterocycles. The number of fused-ring (bicyclic) bond motifs is 1. The summed E-state index contributed by atoms with van der Waals surface area (Å²) in [4.78, 5) is 15.5. The van der Waals surface area contributed by atoms with Crippen LogP contribution in [0.3, 0.4) is 0 Å². The Morgan fingerprint density at radius 3 is 2.67 bits per heavy atom. The van der Waals surface area contributed by atoms with Crippen molar-refractivity contribution >= 4 is 28.4 Å². The molecule has 3 rings (SSSR count). The zero-order valence-corrected chi connectivity index (χ0v) is 14.1. The van der Waals surface area contributed by atoms with Crippen LogP contribution in [0.2, 0.25) is 5.02 Å². The van der Waals surface area contributed by atoms with Gasteiger partial charge in [-0.05, 0) is 29.8 Å². The van der Waals surface area contributed by atoms with Crippen LogP contribution in [0, 0.1) is 0 Å². The number of carbonyl (C=O) groups excluding carboxylic acids is 1. The van der Waals surface area contributed by atoms with Crippen LogP contribution in [-0.2, 0) is 6.54 Å². The van der Waals surface area contributed by atoms with E-state index < -0.39 is 0 Å². The quantitative estimate of drug-likeness (QED) is 0.740. The van der Waals surface area contributed by atoms with Gasteiger partial charge < -0.3 is 19.8 Å². The smallest absolute Gasteiger partial charge is 0.253 e. The number of hydrogen-bond acceptors (Lipinski definition) is 3. The van der Waals surface area contributed by atoms with Crippen molar-refractivity contribution in [2.45, 2.75) is 6.54 Å². The summed E-state index contributed by atoms with van der Waals surface area (Å²) in [6.45, 7) is 0.388. The van der Waals surface area contributed by atoms with Gasteiger partial charge in [0.05, 0.1) is 19.8 Å². The highest BCUT2D eigenvalue weighted by atomic mass is 35.5. The molecule has 0 radical (unpaired) electrons. The molecule has 5 nitrogen and oxygen atoms in total. The largest absolute Gasteiger partial charge is 0.493 e. The molecule has 0 bridgehead atoms. The van der Waals surface area contributed by atoms with Gasteiger partial charge in [0.25, 0.3) is 5.91 Å². The number of amides is 1. The molecule has 124 valence electrons. The second kappa shape index (κ2) is 6.84. The molecular formula is C18H17ClN2O3. The third-order valence-corrected chi connectivity index (χ3v) is 4.02. The van der Waals surface area contributed by atoms with Gasteiger partial charge >= 0.3 is 0 Å². The van der Waals surface area contributed by atoms with E-state index in [9.17, 15) is 4.79 Å². The Balaban J connectivity index is 1.75. The number of nitrogens with one attached hydrogen (secondary N) is 2. The maximum Gasteiger partial charge on any atom is 0.253 e. The van der Waals surface area contributed by atoms with Crippen LogP contribution in [0.25, 0.3) is 10.9 Å². The van der Waals surface area contributed by atoms with Crippen LogP contribution in [0.15, 0.2) is 42.6 Å². The van der Waals surface area contributed by atoms with Crippen LogP contribution in [0.5, 0.6) is 11.5 Å². The van der Waals surface area contributed by atoms with Crippen molar-refractivity contribution < 1.29 is 14.3 Å². The second-order valence-electron chi connectivity index (χ2n) is 5.26. The summed E-state index contributed by atoms with van der Waals surface area (Å²) in [5, 5.41) is 4.37. The van der Waals surface area contributed by atoms with Crippen molar-refractivity contribution in [3.8, 4) is 11.5 Å². The van der Waals surface area contributed by atoms with Crippen molar-refractivity contribution in [2.24, 2.45) is 0 Å². The molecule has 0 aliphatic carbocycles. The fourth-order valence-electron chi connectivity index (χ4n) is 2.55. The molecule has 3 aromatic rings. The average molecular weight is 345 g/mol. The lowest BCUT2D eigenvalue weighted by Crippen LogP contribution is -2.22. The number of H-pyrrole nitrogens is 1. The van der Waals surface area contributed by atoms with Gasteiger partial charge in [-0.1, -0.05) is 23.7 Å². The van der Waals surface area contributed by atoms with Gasteiger partial charge in [0.15, 0.2) is 11.5 Å². The normalized spacial score (nSPS) is 10.6. The molecule has 0 unspecified atom stereocenters. The highest BCUT2D eigenvalue weighted by Crippen LogP contribution is 2.27. The minimum absolute atomic E-state index is 0.154. The summed E-state index contributed by atoms with van der Waals surface area (Å²) in [6.07, 6.45) is 1.69. The van der Waals surface area contributed by atoms with E-state index in [1.54, 1.807) is 32.5 Å². The van der Waals surface area contributed by atoms with Crippen LogP contribution in [0.4, 0.5) is 0 Å². The molecule has 0 spiro atoms. The van der Waals surface area contributed by atoms with E-state index >= 15 is 0 Å². The Bertz CT molecular complexity index is 889. The number of rotatable bonds is 5. The van der Waals surface area contributed by atoms with E-state index in [-0.39, 0.29) is 5.91 Å². The van der Waals surface area contributed by atoms with Gasteiger partial charge in [0.1, 0.15) is 0 Å². The molecule has 6 heteroatoms. The van der Waals surface area contributed by atoms with Crippen LogP contribution in [0.1, 0.15) is 15.9 Å². The maximum atomic E-state index is 12.4. The van der Waals surface area contributed by atoms with Crippen molar-refractivity contribution in [3.63, 3.8) is 0 Å². The van der Waals surface area contributed by atoms with Gasteiger partial charge in [-0.3, -0.25) is 4.79 Å². The minimum atomic E-state index is -0.154. The second-order valence-corrected chi connectivity index (χ2v) is 5.70. The van der Waals surface area contributed by atoms with Crippen molar-refractivity contribution in [1.29, 1.82) is 0 Å². The van der Waals surface area contributed by atoms with Gasteiger partial charge in [0, 0.05) is 28.7 Å². The number of ether oxygens (including phenoxy) is 2. The first kappa shape index (κ1) is 16.2. The number of methoxy groups -OCH3 is 2. The third kappa shape index (κ3) is 3.16. The first-order valence-electron chi connectivity index (χ1n) is 7.38. The maximum absolute atomic E-state index is 12.4. The minimum Gasteiger partial charge on any atom is -0.493 e. The predicted octanol–water partition coefficient (Wildman–Crippen LogP) is 3.77. The van der Waals surface area contributed by atoms with E-state index in [2.05, 4.69) is 10.3 Å². The molecular weight excluding hydrogens is 328 g/mol. The van der Waals surface area contributed by atoms with Crippen molar-refractivity contribution in [1.82, 2.24) is 10.3 Å². The van der Waals surface area contributed by atoms with Crippen LogP contribution >= 0.6 is 11.6 Å². The van der Waals surface area contributed by atoms with Gasteiger partial charge in [-0.15, -0.1) is 0 Å². The predicted molar refractivity (Wildman–Crippen MR) is 94.0 cm³/mol. The summed E-state index contributed by atoms with van der Waals surface area (Å²) in [5.41, 5.74) is 2.34. The summed E-state index contributed by atoms with van der Waals surface area (Å²) >= 11 is 5.96. The summed E-state index contributed by atoms with van der Waals surface area (Å²) in [5.74, 6) is 1.13. The number of benzene rings is 2. The van der Waals surface area contributed by atoms with E-state index in [1.165, 1.54) is 0 Å². The first-order valence-corrected chi connectivity index (χ1v) is 7.76. The van der Waals surface area contributed by atoms with Gasteiger partial charge in [-0.2, -0.15) is 0 Å². The molecule has 0 aliphatic heterocycles. The van der Waals surface area contributed by atoms with Gasteiger partial charge in [-0.25, -0.2) is 0 Å². The fraction of sp³-hybridized carbons (Fsp3) is 0.167. The summed E-state index contributed by atoms with van der Waals surface area (Å²) in [7, 11) is 3.17. The van der Waals surface area contributed by atoms with Crippen LogP contribution < -0.4 is 14.8 Å². The molecule has 0 fully saturated rings. The molecule has 1 heterocycles. The average Bonchev–Trinajstić information content (AvgIpc) is 3.02. The SMILES string of the molecule is COc1ccc(CNC(=O)c2c[nH]c3cc(Cl)ccc23)cc1OC. The highest BCUT2D eigenvalue weighted by Gasteiger charge is 2.12. The first-order chi connectivity index (χ1) is 11.6. The monoisotopic (exact) mass is 344 g/mol. The molecule has 24 heavy (non-hydrogen) atoms. The lowest BCUT2D eigenvalue weighted by Gasteiger charge is -2.10. The van der Waals surface area contributed by atoms with Gasteiger partial charge in [0.2, 0.25) is 0 Å². The Hall–Kier alpha value is -2.66. The molecule has 1 amide bonds. The number of halogens is 1. The lowest BCUT2D eigenvalue weighted by molar-refractivity contribution is 0.0952. The molecule has 0 saturated carbocycles. The Morgan fingerprint density at radius 1 is 1.12 bits per heavy atom. The topological polar surface area (TPSA) is 63.3 Å². The molecule has 1 aromatic heterocycles. The Labute approximate surface area is 144 Å². The zero-order chi connectivity index (χ0) is 17.1. The molecule has 0 atom stereocenters. The summed E-state index contributed by atoms with van der Waals surface area (Å²) < 4.78 is 10.5. The lowest BCUT2D eigenvalue weighted by atomic mass is 10.1. The Morgan fingerprint density at radius 2 is 1.92 bits per heavy atom. The summed E-state index contributed by atoms with van der Waals surface area (Å²) in [6, 6.07) is 10.9. The number of aromatic amines is 1. The number of aromatic nitrogens is 1. The van der Waals surface area contributed by atoms with Crippen LogP contribution in [-0.4, -0.2) is 25.1 Å². The standard InChI is InChI=1S/C18H17ClN2O3/c1-23-16-6-3-11(7-17(16)24-2)9-21-18(22)14-10-20-15-8-12(19)4-5-13(14)15/h3-8,10,20H,9H2,1-2H3,(H,21,22). The van der Waals surface area contributed by atoms with Crippen molar-refractivity contribution in [2.75, 3.05) is 14.2 Å². The Kier molecular flexibility index (Phi) is 4.62.